The first-order valence-electron chi connectivity index (χ1n) is 3.12. The van der Waals surface area contributed by atoms with Crippen LogP contribution in [0.1, 0.15) is 5.69 Å². The van der Waals surface area contributed by atoms with Gasteiger partial charge in [-0.1, -0.05) is 0 Å². The van der Waals surface area contributed by atoms with E-state index in [0.29, 0.717) is 5.69 Å². The van der Waals surface area contributed by atoms with Crippen molar-refractivity contribution < 1.29 is 8.42 Å². The maximum atomic E-state index is 11.0. The molecule has 0 saturated carbocycles. The summed E-state index contributed by atoms with van der Waals surface area (Å²) in [7, 11) is -1.50. The molecule has 0 saturated heterocycles. The van der Waals surface area contributed by atoms with Crippen LogP contribution >= 0.6 is 0 Å². The Morgan fingerprint density at radius 2 is 2.09 bits per heavy atom. The van der Waals surface area contributed by atoms with Gasteiger partial charge < -0.3 is 0 Å². The Labute approximate surface area is 65.8 Å². The van der Waals surface area contributed by atoms with Crippen molar-refractivity contribution in [3.8, 4) is 0 Å². The Hall–Kier alpha value is -0.840. The molecule has 5 heteroatoms. The van der Waals surface area contributed by atoms with Crippen LogP contribution in [0.4, 0.5) is 0 Å². The van der Waals surface area contributed by atoms with Crippen molar-refractivity contribution in [1.29, 1.82) is 0 Å². The maximum absolute atomic E-state index is 11.0. The zero-order chi connectivity index (χ0) is 8.65. The Balaban J connectivity index is 3.36. The van der Waals surface area contributed by atoms with Crippen molar-refractivity contribution in [1.82, 2.24) is 9.78 Å². The first-order valence-corrected chi connectivity index (χ1v) is 5.01. The van der Waals surface area contributed by atoms with Crippen molar-refractivity contribution in [3.05, 3.63) is 11.8 Å². The highest BCUT2D eigenvalue weighted by atomic mass is 32.2. The first-order chi connectivity index (χ1) is 4.91. The quantitative estimate of drug-likeness (QED) is 0.608. The Morgan fingerprint density at radius 1 is 1.55 bits per heavy atom. The van der Waals surface area contributed by atoms with Crippen LogP contribution in [0.25, 0.3) is 0 Å². The molecule has 62 valence electrons. The highest BCUT2D eigenvalue weighted by molar-refractivity contribution is 7.90. The van der Waals surface area contributed by atoms with Crippen LogP contribution in [-0.4, -0.2) is 24.5 Å². The molecule has 1 heterocycles. The van der Waals surface area contributed by atoms with Gasteiger partial charge in [-0.15, -0.1) is 0 Å². The number of hydrogen-bond acceptors (Lipinski definition) is 3. The molecule has 0 bridgehead atoms. The van der Waals surface area contributed by atoms with Crippen LogP contribution in [0, 0.1) is 6.92 Å². The molecule has 0 N–H and O–H groups in total. The summed E-state index contributed by atoms with van der Waals surface area (Å²) in [6.45, 7) is 1.76. The lowest BCUT2D eigenvalue weighted by molar-refractivity contribution is 0.582. The van der Waals surface area contributed by atoms with Crippen molar-refractivity contribution in [2.75, 3.05) is 6.26 Å². The first kappa shape index (κ1) is 8.26. The van der Waals surface area contributed by atoms with E-state index in [1.54, 1.807) is 20.0 Å². The molecule has 1 aromatic heterocycles. The van der Waals surface area contributed by atoms with E-state index in [2.05, 4.69) is 5.10 Å². The Kier molecular flexibility index (Phi) is 1.75. The van der Waals surface area contributed by atoms with Gasteiger partial charge in [0.2, 0.25) is 0 Å². The van der Waals surface area contributed by atoms with Gasteiger partial charge >= 0.3 is 0 Å². The van der Waals surface area contributed by atoms with Crippen LogP contribution in [0.5, 0.6) is 0 Å². The fraction of sp³-hybridized carbons (Fsp3) is 0.500. The number of aromatic nitrogens is 2. The molecule has 0 aliphatic heterocycles. The molecule has 1 rings (SSSR count). The monoisotopic (exact) mass is 174 g/mol. The third-order valence-electron chi connectivity index (χ3n) is 1.34. The summed E-state index contributed by atoms with van der Waals surface area (Å²) in [4.78, 5) is 0. The van der Waals surface area contributed by atoms with Crippen LogP contribution in [0.15, 0.2) is 11.1 Å². The number of rotatable bonds is 1. The smallest absolute Gasteiger partial charge is 0.192 e. The molecule has 0 atom stereocenters. The second-order valence-corrected chi connectivity index (χ2v) is 4.48. The standard InChI is InChI=1S/C6H10N2O2S/c1-5-4-6(8(2)7-5)11(3,9)10/h4H,1-3H3. The van der Waals surface area contributed by atoms with Crippen LogP contribution < -0.4 is 0 Å². The van der Waals surface area contributed by atoms with Gasteiger partial charge in [0.1, 0.15) is 0 Å². The molecule has 0 aliphatic carbocycles. The number of hydrogen-bond donors (Lipinski definition) is 0. The molecular formula is C6H10N2O2S. The minimum absolute atomic E-state index is 0.259. The number of sulfone groups is 1. The molecule has 1 aromatic rings. The summed E-state index contributed by atoms with van der Waals surface area (Å²) in [5.41, 5.74) is 0.716. The van der Waals surface area contributed by atoms with E-state index in [1.165, 1.54) is 10.9 Å². The zero-order valence-electron chi connectivity index (χ0n) is 6.70. The van der Waals surface area contributed by atoms with Crippen molar-refractivity contribution in [2.24, 2.45) is 7.05 Å². The average Bonchev–Trinajstić information content (AvgIpc) is 2.08. The van der Waals surface area contributed by atoms with E-state index < -0.39 is 9.84 Å². The van der Waals surface area contributed by atoms with Gasteiger partial charge in [-0.2, -0.15) is 5.10 Å². The molecule has 0 aromatic carbocycles. The summed E-state index contributed by atoms with van der Waals surface area (Å²) >= 11 is 0. The van der Waals surface area contributed by atoms with Gasteiger partial charge in [-0.05, 0) is 13.0 Å². The van der Waals surface area contributed by atoms with Gasteiger partial charge in [0.15, 0.2) is 14.9 Å². The SMILES string of the molecule is Cc1cc(S(C)(=O)=O)n(C)n1. The summed E-state index contributed by atoms with van der Waals surface area (Å²) in [5, 5.41) is 4.17. The van der Waals surface area contributed by atoms with Gasteiger partial charge in [-0.25, -0.2) is 8.42 Å². The Bertz CT molecular complexity index is 364. The number of aryl methyl sites for hydroxylation is 2. The summed E-state index contributed by atoms with van der Waals surface area (Å²) in [5.74, 6) is 0. The normalized spacial score (nSPS) is 11.9. The molecule has 11 heavy (non-hydrogen) atoms. The lowest BCUT2D eigenvalue weighted by Crippen LogP contribution is -2.04. The van der Waals surface area contributed by atoms with Gasteiger partial charge in [0, 0.05) is 13.3 Å². The number of nitrogens with zero attached hydrogens (tertiary/aromatic N) is 2. The fourth-order valence-corrected chi connectivity index (χ4v) is 1.84. The predicted octanol–water partition coefficient (Wildman–Crippen LogP) is 0.132. The molecule has 4 nitrogen and oxygen atoms in total. The van der Waals surface area contributed by atoms with E-state index in [-0.39, 0.29) is 5.03 Å². The van der Waals surface area contributed by atoms with Crippen LogP contribution in [0.2, 0.25) is 0 Å². The highest BCUT2D eigenvalue weighted by Crippen LogP contribution is 2.08. The van der Waals surface area contributed by atoms with Gasteiger partial charge in [0.25, 0.3) is 0 Å². The lowest BCUT2D eigenvalue weighted by atomic mass is 10.5. The van der Waals surface area contributed by atoms with E-state index in [0.717, 1.165) is 0 Å². The van der Waals surface area contributed by atoms with Gasteiger partial charge in [0.05, 0.1) is 5.69 Å². The highest BCUT2D eigenvalue weighted by Gasteiger charge is 2.12. The molecular weight excluding hydrogens is 164 g/mol. The van der Waals surface area contributed by atoms with Crippen molar-refractivity contribution in [2.45, 2.75) is 11.9 Å². The maximum Gasteiger partial charge on any atom is 0.192 e. The predicted molar refractivity (Wildman–Crippen MR) is 41.1 cm³/mol. The minimum atomic E-state index is -3.11. The average molecular weight is 174 g/mol. The second kappa shape index (κ2) is 2.34. The zero-order valence-corrected chi connectivity index (χ0v) is 7.51. The summed E-state index contributed by atoms with van der Waals surface area (Å²) in [6.07, 6.45) is 1.17. The molecule has 0 unspecified atom stereocenters. The van der Waals surface area contributed by atoms with Crippen molar-refractivity contribution >= 4 is 9.84 Å². The summed E-state index contributed by atoms with van der Waals surface area (Å²) < 4.78 is 23.4. The molecule has 0 radical (unpaired) electrons. The second-order valence-electron chi connectivity index (χ2n) is 2.52. The van der Waals surface area contributed by atoms with E-state index in [9.17, 15) is 8.42 Å². The van der Waals surface area contributed by atoms with Crippen molar-refractivity contribution in [3.63, 3.8) is 0 Å². The Morgan fingerprint density at radius 3 is 2.27 bits per heavy atom. The van der Waals surface area contributed by atoms with E-state index in [1.807, 2.05) is 0 Å². The topological polar surface area (TPSA) is 52.0 Å². The third kappa shape index (κ3) is 1.59. The minimum Gasteiger partial charge on any atom is -0.257 e. The lowest BCUT2D eigenvalue weighted by Gasteiger charge is -1.95. The molecule has 0 fully saturated rings. The molecule has 0 aliphatic rings. The van der Waals surface area contributed by atoms with E-state index in [4.69, 9.17) is 0 Å². The molecule has 0 spiro atoms. The van der Waals surface area contributed by atoms with Gasteiger partial charge in [-0.3, -0.25) is 4.68 Å². The van der Waals surface area contributed by atoms with Crippen LogP contribution in [0.3, 0.4) is 0 Å². The third-order valence-corrected chi connectivity index (χ3v) is 2.48. The molecule has 0 amide bonds. The van der Waals surface area contributed by atoms with E-state index >= 15 is 0 Å². The fourth-order valence-electron chi connectivity index (χ4n) is 0.934. The van der Waals surface area contributed by atoms with Crippen LogP contribution in [-0.2, 0) is 16.9 Å². The largest absolute Gasteiger partial charge is 0.257 e. The summed E-state index contributed by atoms with van der Waals surface area (Å²) in [6, 6.07) is 1.55.